The van der Waals surface area contributed by atoms with Gasteiger partial charge in [0, 0.05) is 25.9 Å². The maximum atomic E-state index is 11.9. The van der Waals surface area contributed by atoms with Crippen molar-refractivity contribution < 1.29 is 14.1 Å². The van der Waals surface area contributed by atoms with Crippen molar-refractivity contribution in [2.24, 2.45) is 0 Å². The van der Waals surface area contributed by atoms with Crippen molar-refractivity contribution in [1.82, 2.24) is 4.90 Å². The third-order valence-corrected chi connectivity index (χ3v) is 4.86. The average Bonchev–Trinajstić information content (AvgIpc) is 2.99. The molecule has 1 fully saturated rings. The smallest absolute Gasteiger partial charge is 0.430 e. The number of carbonyl (C=O) groups is 2. The van der Waals surface area contributed by atoms with Gasteiger partial charge in [-0.3, -0.25) is 9.69 Å². The number of carbonyl (C=O) groups excluding carboxylic acids is 2. The van der Waals surface area contributed by atoms with E-state index in [1.807, 2.05) is 13.8 Å². The fourth-order valence-corrected chi connectivity index (χ4v) is 3.11. The van der Waals surface area contributed by atoms with Crippen LogP contribution in [0.4, 0.5) is 4.79 Å². The van der Waals surface area contributed by atoms with Crippen molar-refractivity contribution in [2.45, 2.75) is 38.4 Å². The molecule has 0 spiro atoms. The van der Waals surface area contributed by atoms with Crippen molar-refractivity contribution in [3.05, 3.63) is 0 Å². The molecule has 86 valence electrons. The van der Waals surface area contributed by atoms with Gasteiger partial charge in [-0.15, -0.1) is 0 Å². The van der Waals surface area contributed by atoms with Gasteiger partial charge in [0.25, 0.3) is 0 Å². The zero-order valence-corrected chi connectivity index (χ0v) is 10.2. The van der Waals surface area contributed by atoms with Gasteiger partial charge < -0.3 is 4.55 Å². The maximum Gasteiger partial charge on any atom is 0.430 e. The summed E-state index contributed by atoms with van der Waals surface area (Å²) in [4.78, 5) is 24.6. The van der Waals surface area contributed by atoms with Crippen LogP contribution in [0.3, 0.4) is 0 Å². The highest BCUT2D eigenvalue weighted by Gasteiger charge is 2.62. The SMILES string of the molecule is CCN(CC)C(=O)[S+]([O-])C1(C(C)=O)CC1. The van der Waals surface area contributed by atoms with Crippen molar-refractivity contribution in [2.75, 3.05) is 13.1 Å². The lowest BCUT2D eigenvalue weighted by molar-refractivity contribution is -0.117. The highest BCUT2D eigenvalue weighted by atomic mass is 32.2. The molecule has 5 heteroatoms. The molecule has 1 amide bonds. The molecule has 1 aliphatic rings. The molecule has 1 unspecified atom stereocenters. The first kappa shape index (κ1) is 12.5. The number of nitrogens with zero attached hydrogens (tertiary/aromatic N) is 1. The molecule has 1 rings (SSSR count). The normalized spacial score (nSPS) is 19.5. The molecule has 0 aromatic carbocycles. The molecule has 15 heavy (non-hydrogen) atoms. The summed E-state index contributed by atoms with van der Waals surface area (Å²) in [7, 11) is 0. The summed E-state index contributed by atoms with van der Waals surface area (Å²) in [6.45, 7) is 6.17. The lowest BCUT2D eigenvalue weighted by Crippen LogP contribution is -2.43. The number of amides is 1. The second-order valence-electron chi connectivity index (χ2n) is 3.76. The Bertz CT molecular complexity index is 272. The quantitative estimate of drug-likeness (QED) is 0.685. The summed E-state index contributed by atoms with van der Waals surface area (Å²) in [5.74, 6) is -0.124. The van der Waals surface area contributed by atoms with Crippen LogP contribution in [0.2, 0.25) is 0 Å². The van der Waals surface area contributed by atoms with Crippen LogP contribution in [0.25, 0.3) is 0 Å². The Kier molecular flexibility index (Phi) is 3.78. The predicted octanol–water partition coefficient (Wildman–Crippen LogP) is 1.32. The van der Waals surface area contributed by atoms with Crippen LogP contribution in [-0.2, 0) is 16.0 Å². The lowest BCUT2D eigenvalue weighted by atomic mass is 10.3. The Morgan fingerprint density at radius 2 is 1.80 bits per heavy atom. The van der Waals surface area contributed by atoms with Crippen LogP contribution in [0.5, 0.6) is 0 Å². The Labute approximate surface area is 93.2 Å². The van der Waals surface area contributed by atoms with Crippen LogP contribution < -0.4 is 0 Å². The van der Waals surface area contributed by atoms with E-state index in [1.54, 1.807) is 0 Å². The minimum Gasteiger partial charge on any atom is -0.607 e. The molecular weight excluding hydrogens is 214 g/mol. The van der Waals surface area contributed by atoms with Gasteiger partial charge in [0.2, 0.25) is 0 Å². The summed E-state index contributed by atoms with van der Waals surface area (Å²) in [5.41, 5.74) is 0. The summed E-state index contributed by atoms with van der Waals surface area (Å²) in [6.07, 6.45) is 1.17. The monoisotopic (exact) mass is 231 g/mol. The van der Waals surface area contributed by atoms with E-state index in [9.17, 15) is 14.1 Å². The zero-order valence-electron chi connectivity index (χ0n) is 9.41. The number of rotatable bonds is 4. The van der Waals surface area contributed by atoms with Crippen molar-refractivity contribution >= 4 is 22.2 Å². The van der Waals surface area contributed by atoms with E-state index in [-0.39, 0.29) is 5.78 Å². The lowest BCUT2D eigenvalue weighted by Gasteiger charge is -2.23. The third kappa shape index (κ3) is 2.18. The van der Waals surface area contributed by atoms with Gasteiger partial charge in [-0.2, -0.15) is 0 Å². The highest BCUT2D eigenvalue weighted by Crippen LogP contribution is 2.45. The van der Waals surface area contributed by atoms with E-state index in [4.69, 9.17) is 0 Å². The fourth-order valence-electron chi connectivity index (χ4n) is 1.55. The molecule has 1 atom stereocenters. The van der Waals surface area contributed by atoms with Gasteiger partial charge in [-0.1, -0.05) is 0 Å². The van der Waals surface area contributed by atoms with Crippen LogP contribution in [0, 0.1) is 0 Å². The average molecular weight is 231 g/mol. The Hall–Kier alpha value is -0.550. The molecular formula is C10H17NO3S. The molecule has 0 aromatic rings. The fraction of sp³-hybridized carbons (Fsp3) is 0.800. The first-order valence-electron chi connectivity index (χ1n) is 5.21. The van der Waals surface area contributed by atoms with Crippen molar-refractivity contribution in [3.63, 3.8) is 0 Å². The van der Waals surface area contributed by atoms with E-state index >= 15 is 0 Å². The minimum absolute atomic E-state index is 0.124. The van der Waals surface area contributed by atoms with E-state index < -0.39 is 21.2 Å². The van der Waals surface area contributed by atoms with E-state index in [2.05, 4.69) is 0 Å². The van der Waals surface area contributed by atoms with Crippen LogP contribution >= 0.6 is 0 Å². The molecule has 0 aromatic heterocycles. The summed E-state index contributed by atoms with van der Waals surface area (Å²) in [5, 5.41) is -0.396. The van der Waals surface area contributed by atoms with Gasteiger partial charge in [-0.25, -0.2) is 4.79 Å². The number of hydrogen-bond donors (Lipinski definition) is 0. The number of hydrogen-bond acceptors (Lipinski definition) is 3. The molecule has 0 heterocycles. The summed E-state index contributed by atoms with van der Waals surface area (Å²) in [6, 6.07) is 0. The molecule has 0 N–H and O–H groups in total. The summed E-state index contributed by atoms with van der Waals surface area (Å²) >= 11 is -1.69. The van der Waals surface area contributed by atoms with E-state index in [0.29, 0.717) is 25.9 Å². The topological polar surface area (TPSA) is 60.4 Å². The van der Waals surface area contributed by atoms with Crippen LogP contribution in [0.1, 0.15) is 33.6 Å². The van der Waals surface area contributed by atoms with Gasteiger partial charge in [0.1, 0.15) is 0 Å². The van der Waals surface area contributed by atoms with Gasteiger partial charge in [-0.05, 0) is 20.8 Å². The standard InChI is InChI=1S/C10H17NO3S/c1-4-11(5-2)9(13)15(14)10(6-7-10)8(3)12/h4-7H2,1-3H3. The maximum absolute atomic E-state index is 11.9. The van der Waals surface area contributed by atoms with Crippen LogP contribution in [0.15, 0.2) is 0 Å². The Morgan fingerprint density at radius 1 is 1.33 bits per heavy atom. The first-order valence-corrected chi connectivity index (χ1v) is 6.36. The van der Waals surface area contributed by atoms with Crippen molar-refractivity contribution in [3.8, 4) is 0 Å². The Balaban J connectivity index is 2.72. The second-order valence-corrected chi connectivity index (χ2v) is 5.43. The highest BCUT2D eigenvalue weighted by molar-refractivity contribution is 8.08. The molecule has 4 nitrogen and oxygen atoms in total. The summed E-state index contributed by atoms with van der Waals surface area (Å²) < 4.78 is 11.1. The largest absolute Gasteiger partial charge is 0.607 e. The molecule has 0 radical (unpaired) electrons. The Morgan fingerprint density at radius 3 is 2.07 bits per heavy atom. The number of Topliss-reactive ketones (excluding diaryl/α,β-unsaturated/α-hetero) is 1. The molecule has 0 saturated heterocycles. The molecule has 0 aliphatic heterocycles. The first-order chi connectivity index (χ1) is 6.99. The third-order valence-electron chi connectivity index (χ3n) is 2.88. The van der Waals surface area contributed by atoms with E-state index in [1.165, 1.54) is 11.8 Å². The molecule has 1 saturated carbocycles. The second kappa shape index (κ2) is 4.53. The predicted molar refractivity (Wildman–Crippen MR) is 59.1 cm³/mol. The molecule has 0 bridgehead atoms. The minimum atomic E-state index is -1.69. The van der Waals surface area contributed by atoms with Crippen molar-refractivity contribution in [1.29, 1.82) is 0 Å². The van der Waals surface area contributed by atoms with Gasteiger partial charge in [0.05, 0.1) is 11.2 Å². The molecule has 1 aliphatic carbocycles. The van der Waals surface area contributed by atoms with E-state index in [0.717, 1.165) is 0 Å². The van der Waals surface area contributed by atoms with Gasteiger partial charge >= 0.3 is 5.24 Å². The van der Waals surface area contributed by atoms with Crippen LogP contribution in [-0.4, -0.2) is 38.3 Å². The zero-order chi connectivity index (χ0) is 11.6. The number of ketones is 1. The van der Waals surface area contributed by atoms with Gasteiger partial charge in [0.15, 0.2) is 10.5 Å².